The summed E-state index contributed by atoms with van der Waals surface area (Å²) >= 11 is 0. The Hall–Kier alpha value is -3.98. The third-order valence-electron chi connectivity index (χ3n) is 6.87. The van der Waals surface area contributed by atoms with E-state index >= 15 is 0 Å². The molecule has 1 fully saturated rings. The molecule has 2 aliphatic rings. The fraction of sp³-hybridized carbons (Fsp3) is 0.357. The molecule has 1 aliphatic carbocycles. The largest absolute Gasteiger partial charge is 0.459 e. The molecular weight excluding hydrogens is 476 g/mol. The highest BCUT2D eigenvalue weighted by Crippen LogP contribution is 2.33. The molecule has 1 aromatic heterocycles. The van der Waals surface area contributed by atoms with E-state index < -0.39 is 36.1 Å². The predicted octanol–water partition coefficient (Wildman–Crippen LogP) is 3.01. The minimum atomic E-state index is -0.801. The monoisotopic (exact) mass is 504 g/mol. The van der Waals surface area contributed by atoms with Crippen molar-refractivity contribution in [3.63, 3.8) is 0 Å². The van der Waals surface area contributed by atoms with Crippen LogP contribution in [0, 0.1) is 13.8 Å². The van der Waals surface area contributed by atoms with Gasteiger partial charge in [-0.1, -0.05) is 35.4 Å². The highest BCUT2D eigenvalue weighted by Gasteiger charge is 2.41. The Morgan fingerprint density at radius 3 is 2.22 bits per heavy atom. The van der Waals surface area contributed by atoms with Gasteiger partial charge in [0.25, 0.3) is 5.56 Å². The van der Waals surface area contributed by atoms with Gasteiger partial charge >= 0.3 is 17.6 Å². The maximum absolute atomic E-state index is 12.9. The Balaban J connectivity index is 1.38. The first-order chi connectivity index (χ1) is 17.8. The van der Waals surface area contributed by atoms with Crippen LogP contribution in [0.25, 0.3) is 0 Å². The van der Waals surface area contributed by atoms with Crippen molar-refractivity contribution in [2.75, 3.05) is 6.61 Å². The van der Waals surface area contributed by atoms with Crippen LogP contribution in [0.15, 0.2) is 58.1 Å². The summed E-state index contributed by atoms with van der Waals surface area (Å²) in [6.45, 7) is 3.67. The average Bonchev–Trinajstić information content (AvgIpc) is 3.51. The molecule has 2 heterocycles. The van der Waals surface area contributed by atoms with Crippen LogP contribution in [0.5, 0.6) is 0 Å². The van der Waals surface area contributed by atoms with Gasteiger partial charge in [0.2, 0.25) is 0 Å². The number of esters is 2. The van der Waals surface area contributed by atoms with E-state index in [4.69, 9.17) is 14.2 Å². The van der Waals surface area contributed by atoms with Crippen LogP contribution in [0.3, 0.4) is 0 Å². The SMILES string of the molecule is Cc1ccc(C(=O)OC[C@H]2O[C@H](n3c4c(c(=O)[nH]c3=O)CCC4)C[C@@H]2OC(=O)c2ccc(C)cc2)cc1. The molecule has 192 valence electrons. The highest BCUT2D eigenvalue weighted by molar-refractivity contribution is 5.90. The molecule has 2 aromatic carbocycles. The highest BCUT2D eigenvalue weighted by atomic mass is 16.6. The van der Waals surface area contributed by atoms with Crippen molar-refractivity contribution in [1.29, 1.82) is 0 Å². The lowest BCUT2D eigenvalue weighted by Gasteiger charge is -2.19. The second kappa shape index (κ2) is 10.2. The van der Waals surface area contributed by atoms with Gasteiger partial charge in [-0.3, -0.25) is 14.3 Å². The Morgan fingerprint density at radius 2 is 1.57 bits per heavy atom. The molecule has 0 spiro atoms. The number of aromatic amines is 1. The summed E-state index contributed by atoms with van der Waals surface area (Å²) in [6.07, 6.45) is -0.267. The number of carbonyl (C=O) groups excluding carboxylic acids is 2. The van der Waals surface area contributed by atoms with Crippen LogP contribution in [0.2, 0.25) is 0 Å². The normalized spacial score (nSPS) is 20.4. The Kier molecular flexibility index (Phi) is 6.80. The van der Waals surface area contributed by atoms with E-state index in [0.717, 1.165) is 17.5 Å². The number of nitrogens with zero attached hydrogens (tertiary/aromatic N) is 1. The average molecular weight is 505 g/mol. The van der Waals surface area contributed by atoms with Gasteiger partial charge in [-0.15, -0.1) is 0 Å². The van der Waals surface area contributed by atoms with E-state index in [1.54, 1.807) is 24.3 Å². The number of aryl methyl sites for hydroxylation is 2. The van der Waals surface area contributed by atoms with Crippen molar-refractivity contribution in [1.82, 2.24) is 9.55 Å². The van der Waals surface area contributed by atoms with Gasteiger partial charge in [-0.25, -0.2) is 14.4 Å². The van der Waals surface area contributed by atoms with Crippen LogP contribution in [-0.4, -0.2) is 40.3 Å². The zero-order chi connectivity index (χ0) is 26.1. The van der Waals surface area contributed by atoms with Crippen molar-refractivity contribution in [2.24, 2.45) is 0 Å². The van der Waals surface area contributed by atoms with E-state index in [-0.39, 0.29) is 18.6 Å². The van der Waals surface area contributed by atoms with Gasteiger partial charge in [-0.2, -0.15) is 0 Å². The summed E-state index contributed by atoms with van der Waals surface area (Å²) in [5.74, 6) is -1.07. The standard InChI is InChI=1S/C28H28N2O7/c1-16-6-10-18(11-7-16)26(32)35-15-23-22(37-27(33)19-12-8-17(2)9-13-19)14-24(36-23)30-21-5-3-4-20(21)25(31)29-28(30)34/h6-13,22-24H,3-5,14-15H2,1-2H3,(H,29,31,34)/t22-,23+,24-/m0/s1. The van der Waals surface area contributed by atoms with Crippen LogP contribution in [-0.2, 0) is 27.1 Å². The molecule has 0 unspecified atom stereocenters. The number of ether oxygens (including phenoxy) is 3. The molecule has 1 saturated heterocycles. The van der Waals surface area contributed by atoms with Crippen molar-refractivity contribution in [3.05, 3.63) is 103 Å². The molecule has 0 saturated carbocycles. The molecule has 1 N–H and O–H groups in total. The third kappa shape index (κ3) is 5.13. The Labute approximate surface area is 213 Å². The maximum Gasteiger partial charge on any atom is 0.338 e. The zero-order valence-electron chi connectivity index (χ0n) is 20.7. The van der Waals surface area contributed by atoms with Crippen molar-refractivity contribution < 1.29 is 23.8 Å². The second-order valence-electron chi connectivity index (χ2n) is 9.55. The molecule has 9 heteroatoms. The number of H-pyrrole nitrogens is 1. The van der Waals surface area contributed by atoms with Crippen molar-refractivity contribution in [2.45, 2.75) is 58.0 Å². The third-order valence-corrected chi connectivity index (χ3v) is 6.87. The summed E-state index contributed by atoms with van der Waals surface area (Å²) in [5.41, 5.74) is 3.06. The number of hydrogen-bond donors (Lipinski definition) is 1. The summed E-state index contributed by atoms with van der Waals surface area (Å²) < 4.78 is 18.9. The number of carbonyl (C=O) groups is 2. The van der Waals surface area contributed by atoms with Crippen LogP contribution in [0.4, 0.5) is 0 Å². The van der Waals surface area contributed by atoms with Crippen LogP contribution >= 0.6 is 0 Å². The fourth-order valence-corrected chi connectivity index (χ4v) is 4.86. The predicted molar refractivity (Wildman–Crippen MR) is 134 cm³/mol. The molecule has 37 heavy (non-hydrogen) atoms. The summed E-state index contributed by atoms with van der Waals surface area (Å²) in [5, 5.41) is 0. The van der Waals surface area contributed by atoms with Crippen LogP contribution < -0.4 is 11.2 Å². The Morgan fingerprint density at radius 1 is 0.946 bits per heavy atom. The van der Waals surface area contributed by atoms with E-state index in [2.05, 4.69) is 4.98 Å². The lowest BCUT2D eigenvalue weighted by molar-refractivity contribution is -0.0588. The molecule has 1 aliphatic heterocycles. The molecule has 9 nitrogen and oxygen atoms in total. The van der Waals surface area contributed by atoms with Crippen LogP contribution in [0.1, 0.15) is 62.2 Å². The number of nitrogens with one attached hydrogen (secondary N) is 1. The summed E-state index contributed by atoms with van der Waals surface area (Å²) in [6, 6.07) is 14.0. The number of rotatable bonds is 6. The van der Waals surface area contributed by atoms with E-state index in [9.17, 15) is 19.2 Å². The second-order valence-corrected chi connectivity index (χ2v) is 9.55. The van der Waals surface area contributed by atoms with E-state index in [1.807, 2.05) is 38.1 Å². The van der Waals surface area contributed by atoms with Gasteiger partial charge in [0.15, 0.2) is 0 Å². The first-order valence-electron chi connectivity index (χ1n) is 12.3. The first-order valence-corrected chi connectivity index (χ1v) is 12.3. The summed E-state index contributed by atoms with van der Waals surface area (Å²) in [7, 11) is 0. The Bertz CT molecular complexity index is 1440. The lowest BCUT2D eigenvalue weighted by Crippen LogP contribution is -2.36. The van der Waals surface area contributed by atoms with Gasteiger partial charge in [0.1, 0.15) is 25.0 Å². The van der Waals surface area contributed by atoms with Gasteiger partial charge in [0, 0.05) is 17.7 Å². The van der Waals surface area contributed by atoms with E-state index in [0.29, 0.717) is 35.2 Å². The van der Waals surface area contributed by atoms with E-state index in [1.165, 1.54) is 4.57 Å². The zero-order valence-corrected chi connectivity index (χ0v) is 20.7. The van der Waals surface area contributed by atoms with Gasteiger partial charge in [0.05, 0.1) is 11.1 Å². The number of hydrogen-bond acceptors (Lipinski definition) is 7. The minimum absolute atomic E-state index is 0.169. The molecular formula is C28H28N2O7. The number of aromatic nitrogens is 2. The molecule has 3 atom stereocenters. The smallest absolute Gasteiger partial charge is 0.338 e. The minimum Gasteiger partial charge on any atom is -0.459 e. The molecule has 3 aromatic rings. The summed E-state index contributed by atoms with van der Waals surface area (Å²) in [4.78, 5) is 52.9. The lowest BCUT2D eigenvalue weighted by atomic mass is 10.1. The molecule has 0 amide bonds. The first kappa shape index (κ1) is 24.7. The molecule has 0 radical (unpaired) electrons. The topological polar surface area (TPSA) is 117 Å². The number of benzene rings is 2. The fourth-order valence-electron chi connectivity index (χ4n) is 4.86. The molecule has 5 rings (SSSR count). The van der Waals surface area contributed by atoms with Crippen molar-refractivity contribution >= 4 is 11.9 Å². The molecule has 0 bridgehead atoms. The number of fused-ring (bicyclic) bond motifs is 1. The van der Waals surface area contributed by atoms with Gasteiger partial charge < -0.3 is 14.2 Å². The maximum atomic E-state index is 12.9. The quantitative estimate of drug-likeness (QED) is 0.513. The van der Waals surface area contributed by atoms with Gasteiger partial charge in [-0.05, 0) is 57.4 Å². The van der Waals surface area contributed by atoms with Crippen molar-refractivity contribution in [3.8, 4) is 0 Å².